The van der Waals surface area contributed by atoms with Crippen LogP contribution in [0, 0.1) is 5.92 Å². The van der Waals surface area contributed by atoms with Gasteiger partial charge >= 0.3 is 6.18 Å². The summed E-state index contributed by atoms with van der Waals surface area (Å²) in [5.74, 6) is -0.310. The normalized spacial score (nSPS) is 20.9. The first-order chi connectivity index (χ1) is 15.1. The number of halogens is 3. The van der Waals surface area contributed by atoms with Crippen LogP contribution in [-0.2, 0) is 27.4 Å². The molecule has 0 aliphatic carbocycles. The van der Waals surface area contributed by atoms with Crippen molar-refractivity contribution in [3.63, 3.8) is 0 Å². The van der Waals surface area contributed by atoms with Gasteiger partial charge in [0.05, 0.1) is 16.5 Å². The van der Waals surface area contributed by atoms with Crippen LogP contribution in [0.1, 0.15) is 48.2 Å². The highest BCUT2D eigenvalue weighted by molar-refractivity contribution is 7.89. The van der Waals surface area contributed by atoms with Gasteiger partial charge in [0.15, 0.2) is 0 Å². The second kappa shape index (κ2) is 8.79. The highest BCUT2D eigenvalue weighted by Gasteiger charge is 2.41. The van der Waals surface area contributed by atoms with Gasteiger partial charge in [0.1, 0.15) is 0 Å². The van der Waals surface area contributed by atoms with E-state index >= 15 is 0 Å². The summed E-state index contributed by atoms with van der Waals surface area (Å²) < 4.78 is 67.0. The van der Waals surface area contributed by atoms with Crippen LogP contribution in [0.5, 0.6) is 0 Å². The largest absolute Gasteiger partial charge is 0.417 e. The SMILES string of the molecule is CC[C@@H]1c2ccsc2CCN1C(=O)C1CCN(S(=O)(=O)c2ccccc2C(F)(F)F)CC1. The van der Waals surface area contributed by atoms with Gasteiger partial charge in [-0.2, -0.15) is 17.5 Å². The minimum absolute atomic E-state index is 0.0152. The maximum Gasteiger partial charge on any atom is 0.417 e. The fraction of sp³-hybridized carbons (Fsp3) is 0.500. The molecule has 2 aromatic rings. The van der Waals surface area contributed by atoms with E-state index in [0.29, 0.717) is 19.4 Å². The highest BCUT2D eigenvalue weighted by Crippen LogP contribution is 2.38. The highest BCUT2D eigenvalue weighted by atomic mass is 32.2. The molecule has 4 rings (SSSR count). The molecule has 0 saturated carbocycles. The van der Waals surface area contributed by atoms with E-state index in [-0.39, 0.29) is 31.0 Å². The van der Waals surface area contributed by atoms with Gasteiger partial charge in [-0.25, -0.2) is 8.42 Å². The Morgan fingerprint density at radius 2 is 1.81 bits per heavy atom. The van der Waals surface area contributed by atoms with E-state index < -0.39 is 26.7 Å². The molecule has 32 heavy (non-hydrogen) atoms. The van der Waals surface area contributed by atoms with Gasteiger partial charge in [0, 0.05) is 30.4 Å². The third kappa shape index (κ3) is 4.20. The van der Waals surface area contributed by atoms with Crippen molar-refractivity contribution in [3.05, 3.63) is 51.7 Å². The molecule has 5 nitrogen and oxygen atoms in total. The molecule has 2 aliphatic heterocycles. The topological polar surface area (TPSA) is 57.7 Å². The van der Waals surface area contributed by atoms with Gasteiger partial charge in [-0.1, -0.05) is 19.1 Å². The van der Waals surface area contributed by atoms with Crippen LogP contribution >= 0.6 is 11.3 Å². The third-order valence-electron chi connectivity index (χ3n) is 6.38. The van der Waals surface area contributed by atoms with Crippen molar-refractivity contribution < 1.29 is 26.4 Å². The number of sulfonamides is 1. The van der Waals surface area contributed by atoms with E-state index in [2.05, 4.69) is 6.07 Å². The molecule has 0 radical (unpaired) electrons. The molecule has 0 spiro atoms. The van der Waals surface area contributed by atoms with Crippen LogP contribution in [-0.4, -0.2) is 43.2 Å². The Hall–Kier alpha value is -1.91. The van der Waals surface area contributed by atoms with E-state index in [1.807, 2.05) is 17.2 Å². The third-order valence-corrected chi connectivity index (χ3v) is 9.33. The predicted molar refractivity (Wildman–Crippen MR) is 116 cm³/mol. The van der Waals surface area contributed by atoms with Crippen molar-refractivity contribution in [1.82, 2.24) is 9.21 Å². The molecule has 0 N–H and O–H groups in total. The number of thiophene rings is 1. The van der Waals surface area contributed by atoms with E-state index in [9.17, 15) is 26.4 Å². The smallest absolute Gasteiger partial charge is 0.335 e. The molecule has 1 aromatic carbocycles. The van der Waals surface area contributed by atoms with Crippen LogP contribution in [0.25, 0.3) is 0 Å². The molecule has 1 aromatic heterocycles. The van der Waals surface area contributed by atoms with Crippen LogP contribution in [0.15, 0.2) is 40.6 Å². The van der Waals surface area contributed by atoms with Crippen molar-refractivity contribution in [3.8, 4) is 0 Å². The molecular weight excluding hydrogens is 461 g/mol. The summed E-state index contributed by atoms with van der Waals surface area (Å²) in [6.07, 6.45) is -2.54. The van der Waals surface area contributed by atoms with Crippen LogP contribution in [0.3, 0.4) is 0 Å². The first-order valence-electron chi connectivity index (χ1n) is 10.7. The Morgan fingerprint density at radius 1 is 1.12 bits per heavy atom. The number of benzene rings is 1. The monoisotopic (exact) mass is 486 g/mol. The average Bonchev–Trinajstić information content (AvgIpc) is 3.26. The minimum atomic E-state index is -4.76. The second-order valence-electron chi connectivity index (χ2n) is 8.18. The lowest BCUT2D eigenvalue weighted by atomic mass is 9.92. The number of amides is 1. The zero-order chi connectivity index (χ0) is 23.1. The van der Waals surface area contributed by atoms with Gasteiger partial charge in [-0.3, -0.25) is 4.79 Å². The molecule has 2 aliphatic rings. The van der Waals surface area contributed by atoms with Crippen molar-refractivity contribution in [2.45, 2.75) is 49.7 Å². The summed E-state index contributed by atoms with van der Waals surface area (Å²) in [5.41, 5.74) is 0.0322. The molecule has 3 heterocycles. The van der Waals surface area contributed by atoms with E-state index in [0.717, 1.165) is 29.3 Å². The number of carbonyl (C=O) groups excluding carboxylic acids is 1. The standard InChI is InChI=1S/C22H25F3N2O3S2/c1-2-18-16-10-14-31-19(16)9-13-27(18)21(28)15-7-11-26(12-8-15)32(29,30)20-6-4-3-5-17(20)22(23,24)25/h3-6,10,14-15,18H,2,7-9,11-13H2,1H3/t18-/m1/s1. The lowest BCUT2D eigenvalue weighted by Crippen LogP contribution is -2.47. The molecule has 1 fully saturated rings. The predicted octanol–water partition coefficient (Wildman–Crippen LogP) is 4.70. The van der Waals surface area contributed by atoms with Gasteiger partial charge in [0.25, 0.3) is 0 Å². The first-order valence-corrected chi connectivity index (χ1v) is 13.0. The summed E-state index contributed by atoms with van der Waals surface area (Å²) >= 11 is 1.71. The second-order valence-corrected chi connectivity index (χ2v) is 11.1. The first kappa shape index (κ1) is 23.3. The zero-order valence-electron chi connectivity index (χ0n) is 17.6. The lowest BCUT2D eigenvalue weighted by Gasteiger charge is -2.39. The van der Waals surface area contributed by atoms with Crippen molar-refractivity contribution >= 4 is 27.3 Å². The Kier molecular flexibility index (Phi) is 6.39. The van der Waals surface area contributed by atoms with E-state index in [1.165, 1.54) is 22.6 Å². The fourth-order valence-electron chi connectivity index (χ4n) is 4.74. The number of rotatable bonds is 4. The average molecular weight is 487 g/mol. The molecule has 0 bridgehead atoms. The summed E-state index contributed by atoms with van der Waals surface area (Å²) in [5, 5.41) is 2.05. The van der Waals surface area contributed by atoms with Crippen LogP contribution in [0.4, 0.5) is 13.2 Å². The van der Waals surface area contributed by atoms with Gasteiger partial charge in [-0.15, -0.1) is 11.3 Å². The zero-order valence-corrected chi connectivity index (χ0v) is 19.3. The number of alkyl halides is 3. The molecule has 174 valence electrons. The van der Waals surface area contributed by atoms with Crippen molar-refractivity contribution in [1.29, 1.82) is 0 Å². The fourth-order valence-corrected chi connectivity index (χ4v) is 7.35. The maximum atomic E-state index is 13.3. The maximum absolute atomic E-state index is 13.3. The van der Waals surface area contributed by atoms with E-state index in [4.69, 9.17) is 0 Å². The molecule has 1 amide bonds. The van der Waals surface area contributed by atoms with Gasteiger partial charge < -0.3 is 4.90 Å². The molecule has 0 unspecified atom stereocenters. The van der Waals surface area contributed by atoms with Crippen molar-refractivity contribution in [2.24, 2.45) is 5.92 Å². The minimum Gasteiger partial charge on any atom is -0.335 e. The number of piperidine rings is 1. The summed E-state index contributed by atoms with van der Waals surface area (Å²) in [6.45, 7) is 2.74. The number of hydrogen-bond donors (Lipinski definition) is 0. The molecule has 10 heteroatoms. The molecule has 1 atom stereocenters. The molecular formula is C22H25F3N2O3S2. The summed E-state index contributed by atoms with van der Waals surface area (Å²) in [4.78, 5) is 15.8. The number of hydrogen-bond acceptors (Lipinski definition) is 4. The Bertz CT molecular complexity index is 1090. The Morgan fingerprint density at radius 3 is 2.47 bits per heavy atom. The van der Waals surface area contributed by atoms with Crippen LogP contribution < -0.4 is 0 Å². The van der Waals surface area contributed by atoms with Crippen molar-refractivity contribution in [2.75, 3.05) is 19.6 Å². The molecule has 1 saturated heterocycles. The lowest BCUT2D eigenvalue weighted by molar-refractivity contribution is -0.140. The van der Waals surface area contributed by atoms with Crippen LogP contribution in [0.2, 0.25) is 0 Å². The number of fused-ring (bicyclic) bond motifs is 1. The quantitative estimate of drug-likeness (QED) is 0.629. The number of nitrogens with zero attached hydrogens (tertiary/aromatic N) is 2. The summed E-state index contributed by atoms with van der Waals surface area (Å²) in [6, 6.07) is 6.34. The van der Waals surface area contributed by atoms with E-state index in [1.54, 1.807) is 11.3 Å². The summed E-state index contributed by atoms with van der Waals surface area (Å²) in [7, 11) is -4.31. The van der Waals surface area contributed by atoms with Gasteiger partial charge in [-0.05, 0) is 54.8 Å². The Labute approximate surface area is 189 Å². The number of carbonyl (C=O) groups is 1. The Balaban J connectivity index is 1.47. The van der Waals surface area contributed by atoms with Gasteiger partial charge in [0.2, 0.25) is 15.9 Å².